The molecule has 1 aromatic heterocycles. The summed E-state index contributed by atoms with van der Waals surface area (Å²) in [6.45, 7) is 2.57. The predicted molar refractivity (Wildman–Crippen MR) is 63.8 cm³/mol. The predicted octanol–water partition coefficient (Wildman–Crippen LogP) is 1.77. The van der Waals surface area contributed by atoms with E-state index in [4.69, 9.17) is 9.26 Å². The lowest BCUT2D eigenvalue weighted by Gasteiger charge is -2.03. The van der Waals surface area contributed by atoms with Crippen molar-refractivity contribution in [3.8, 4) is 17.1 Å². The molecule has 0 spiro atoms. The van der Waals surface area contributed by atoms with E-state index in [2.05, 4.69) is 15.5 Å². The van der Waals surface area contributed by atoms with Crippen LogP contribution < -0.4 is 10.1 Å². The van der Waals surface area contributed by atoms with Gasteiger partial charge in [0.2, 0.25) is 11.7 Å². The maximum Gasteiger partial charge on any atom is 0.240 e. The van der Waals surface area contributed by atoms with Gasteiger partial charge in [0.25, 0.3) is 0 Å². The highest BCUT2D eigenvalue weighted by Gasteiger charge is 2.09. The number of aryl methyl sites for hydroxylation is 1. The van der Waals surface area contributed by atoms with E-state index in [0.29, 0.717) is 18.3 Å². The van der Waals surface area contributed by atoms with Gasteiger partial charge in [0.1, 0.15) is 5.75 Å². The van der Waals surface area contributed by atoms with Gasteiger partial charge in [-0.05, 0) is 37.7 Å². The first-order chi connectivity index (χ1) is 8.22. The second-order valence-electron chi connectivity index (χ2n) is 3.78. The third-order valence-electron chi connectivity index (χ3n) is 2.34. The van der Waals surface area contributed by atoms with Gasteiger partial charge in [0.15, 0.2) is 0 Å². The number of rotatable bonds is 4. The number of nitrogens with zero attached hydrogens (tertiary/aromatic N) is 2. The number of aromatic nitrogens is 2. The first kappa shape index (κ1) is 11.6. The highest BCUT2D eigenvalue weighted by Crippen LogP contribution is 2.23. The first-order valence-corrected chi connectivity index (χ1v) is 5.36. The normalized spacial score (nSPS) is 10.5. The van der Waals surface area contributed by atoms with Crippen LogP contribution in [0.1, 0.15) is 11.5 Å². The average Bonchev–Trinajstić information content (AvgIpc) is 2.77. The van der Waals surface area contributed by atoms with E-state index in [1.807, 2.05) is 32.2 Å². The number of hydrogen-bond acceptors (Lipinski definition) is 5. The summed E-state index contributed by atoms with van der Waals surface area (Å²) < 4.78 is 10.3. The van der Waals surface area contributed by atoms with Crippen molar-refractivity contribution in [3.63, 3.8) is 0 Å². The molecule has 1 aromatic carbocycles. The van der Waals surface area contributed by atoms with Gasteiger partial charge >= 0.3 is 0 Å². The molecule has 0 radical (unpaired) electrons. The number of methoxy groups -OCH3 is 1. The number of hydrogen-bond donors (Lipinski definition) is 1. The molecular weight excluding hydrogens is 218 g/mol. The van der Waals surface area contributed by atoms with Crippen LogP contribution >= 0.6 is 0 Å². The van der Waals surface area contributed by atoms with Gasteiger partial charge in [0, 0.05) is 5.56 Å². The Morgan fingerprint density at radius 3 is 2.88 bits per heavy atom. The second-order valence-corrected chi connectivity index (χ2v) is 3.78. The summed E-state index contributed by atoms with van der Waals surface area (Å²) in [6.07, 6.45) is 0. The molecule has 0 amide bonds. The Labute approximate surface area is 99.8 Å². The van der Waals surface area contributed by atoms with Crippen molar-refractivity contribution in [1.82, 2.24) is 15.5 Å². The summed E-state index contributed by atoms with van der Waals surface area (Å²) in [5.41, 5.74) is 1.99. The molecule has 0 unspecified atom stereocenters. The van der Waals surface area contributed by atoms with Crippen LogP contribution in [0, 0.1) is 6.92 Å². The maximum atomic E-state index is 5.21. The van der Waals surface area contributed by atoms with E-state index >= 15 is 0 Å². The smallest absolute Gasteiger partial charge is 0.240 e. The van der Waals surface area contributed by atoms with E-state index in [9.17, 15) is 0 Å². The molecule has 2 aromatic rings. The van der Waals surface area contributed by atoms with Crippen molar-refractivity contribution in [2.45, 2.75) is 13.5 Å². The number of nitrogens with one attached hydrogen (secondary N) is 1. The number of ether oxygens (including phenoxy) is 1. The molecule has 0 aliphatic rings. The highest BCUT2D eigenvalue weighted by atomic mass is 16.5. The third-order valence-corrected chi connectivity index (χ3v) is 2.34. The van der Waals surface area contributed by atoms with Crippen molar-refractivity contribution in [2.24, 2.45) is 0 Å². The lowest BCUT2D eigenvalue weighted by molar-refractivity contribution is 0.372. The fraction of sp³-hybridized carbons (Fsp3) is 0.333. The summed E-state index contributed by atoms with van der Waals surface area (Å²) in [5, 5.41) is 6.90. The van der Waals surface area contributed by atoms with Crippen LogP contribution in [0.25, 0.3) is 11.4 Å². The summed E-state index contributed by atoms with van der Waals surface area (Å²) in [6, 6.07) is 5.84. The van der Waals surface area contributed by atoms with Crippen LogP contribution in [-0.2, 0) is 6.54 Å². The molecule has 1 heterocycles. The molecule has 5 nitrogen and oxygen atoms in total. The SMILES string of the molecule is CNCc1nc(-c2cc(C)cc(OC)c2)no1. The van der Waals surface area contributed by atoms with E-state index in [-0.39, 0.29) is 0 Å². The largest absolute Gasteiger partial charge is 0.497 e. The molecule has 0 aliphatic heterocycles. The Morgan fingerprint density at radius 1 is 1.35 bits per heavy atom. The van der Waals surface area contributed by atoms with Crippen LogP contribution in [0.2, 0.25) is 0 Å². The van der Waals surface area contributed by atoms with Gasteiger partial charge in [-0.1, -0.05) is 5.16 Å². The fourth-order valence-corrected chi connectivity index (χ4v) is 1.59. The summed E-state index contributed by atoms with van der Waals surface area (Å²) in [4.78, 5) is 4.29. The molecule has 0 saturated carbocycles. The minimum atomic E-state index is 0.565. The molecule has 2 rings (SSSR count). The van der Waals surface area contributed by atoms with Crippen molar-refractivity contribution in [3.05, 3.63) is 29.7 Å². The zero-order valence-corrected chi connectivity index (χ0v) is 10.2. The Hall–Kier alpha value is -1.88. The average molecular weight is 233 g/mol. The van der Waals surface area contributed by atoms with Crippen LogP contribution in [0.15, 0.2) is 22.7 Å². The molecule has 0 aliphatic carbocycles. The second kappa shape index (κ2) is 4.97. The zero-order chi connectivity index (χ0) is 12.3. The Kier molecular flexibility index (Phi) is 3.39. The third kappa shape index (κ3) is 2.62. The molecule has 90 valence electrons. The number of benzene rings is 1. The zero-order valence-electron chi connectivity index (χ0n) is 10.2. The van der Waals surface area contributed by atoms with Gasteiger partial charge in [-0.3, -0.25) is 0 Å². The molecule has 0 saturated heterocycles. The standard InChI is InChI=1S/C12H15N3O2/c1-8-4-9(6-10(5-8)16-3)12-14-11(7-13-2)17-15-12/h4-6,13H,7H2,1-3H3. The molecule has 0 bridgehead atoms. The van der Waals surface area contributed by atoms with Gasteiger partial charge in [-0.2, -0.15) is 4.98 Å². The molecule has 17 heavy (non-hydrogen) atoms. The van der Waals surface area contributed by atoms with Crippen molar-refractivity contribution in [1.29, 1.82) is 0 Å². The van der Waals surface area contributed by atoms with Crippen molar-refractivity contribution in [2.75, 3.05) is 14.2 Å². The summed E-state index contributed by atoms with van der Waals surface area (Å²) in [7, 11) is 3.47. The maximum absolute atomic E-state index is 5.21. The lowest BCUT2D eigenvalue weighted by Crippen LogP contribution is -2.04. The van der Waals surface area contributed by atoms with Crippen LogP contribution in [-0.4, -0.2) is 24.3 Å². The van der Waals surface area contributed by atoms with E-state index in [1.165, 1.54) is 0 Å². The molecule has 5 heteroatoms. The topological polar surface area (TPSA) is 60.2 Å². The molecule has 1 N–H and O–H groups in total. The minimum Gasteiger partial charge on any atom is -0.497 e. The molecule has 0 fully saturated rings. The lowest BCUT2D eigenvalue weighted by atomic mass is 10.1. The van der Waals surface area contributed by atoms with Gasteiger partial charge in [-0.15, -0.1) is 0 Å². The van der Waals surface area contributed by atoms with Gasteiger partial charge in [0.05, 0.1) is 13.7 Å². The summed E-state index contributed by atoms with van der Waals surface area (Å²) >= 11 is 0. The highest BCUT2D eigenvalue weighted by molar-refractivity contribution is 5.58. The Balaban J connectivity index is 2.34. The Bertz CT molecular complexity index is 508. The minimum absolute atomic E-state index is 0.565. The van der Waals surface area contributed by atoms with Gasteiger partial charge < -0.3 is 14.6 Å². The van der Waals surface area contributed by atoms with Crippen LogP contribution in [0.3, 0.4) is 0 Å². The van der Waals surface area contributed by atoms with Crippen LogP contribution in [0.4, 0.5) is 0 Å². The quantitative estimate of drug-likeness (QED) is 0.872. The van der Waals surface area contributed by atoms with Gasteiger partial charge in [-0.25, -0.2) is 0 Å². The Morgan fingerprint density at radius 2 is 2.18 bits per heavy atom. The fourth-order valence-electron chi connectivity index (χ4n) is 1.59. The van der Waals surface area contributed by atoms with E-state index < -0.39 is 0 Å². The monoisotopic (exact) mass is 233 g/mol. The first-order valence-electron chi connectivity index (χ1n) is 5.36. The van der Waals surface area contributed by atoms with E-state index in [1.54, 1.807) is 7.11 Å². The molecular formula is C12H15N3O2. The van der Waals surface area contributed by atoms with E-state index in [0.717, 1.165) is 16.9 Å². The van der Waals surface area contributed by atoms with Crippen molar-refractivity contribution >= 4 is 0 Å². The van der Waals surface area contributed by atoms with Crippen LogP contribution in [0.5, 0.6) is 5.75 Å². The van der Waals surface area contributed by atoms with Crippen molar-refractivity contribution < 1.29 is 9.26 Å². The molecule has 0 atom stereocenters. The summed E-state index contributed by atoms with van der Waals surface area (Å²) in [5.74, 6) is 1.94.